The molecule has 0 saturated heterocycles. The topological polar surface area (TPSA) is 75.2 Å². The van der Waals surface area contributed by atoms with E-state index in [1.165, 1.54) is 23.6 Å². The Morgan fingerprint density at radius 2 is 1.59 bits per heavy atom. The van der Waals surface area contributed by atoms with E-state index >= 15 is 0 Å². The zero-order chi connectivity index (χ0) is 22.3. The molecule has 4 aromatic rings. The summed E-state index contributed by atoms with van der Waals surface area (Å²) in [7, 11) is 0. The van der Waals surface area contributed by atoms with Crippen LogP contribution in [0, 0.1) is 5.82 Å². The third kappa shape index (κ3) is 4.70. The van der Waals surface area contributed by atoms with Crippen LogP contribution < -0.4 is 10.2 Å². The number of nitrogens with zero attached hydrogens (tertiary/aromatic N) is 3. The zero-order valence-corrected chi connectivity index (χ0v) is 17.7. The molecule has 1 N–H and O–H groups in total. The van der Waals surface area contributed by atoms with E-state index in [2.05, 4.69) is 14.9 Å². The van der Waals surface area contributed by atoms with Gasteiger partial charge in [-0.2, -0.15) is 0 Å². The average molecular weight is 447 g/mol. The number of halogens is 1. The predicted octanol–water partition coefficient (Wildman–Crippen LogP) is 4.38. The summed E-state index contributed by atoms with van der Waals surface area (Å²) >= 11 is 1.01. The summed E-state index contributed by atoms with van der Waals surface area (Å²) in [5.41, 5.74) is 1.46. The minimum Gasteiger partial charge on any atom is -0.350 e. The average Bonchev–Trinajstić information content (AvgIpc) is 3.38. The molecule has 2 amide bonds. The fraction of sp³-hybridized carbons (Fsp3) is 0.0833. The molecule has 32 heavy (non-hydrogen) atoms. The third-order valence-corrected chi connectivity index (χ3v) is 5.35. The van der Waals surface area contributed by atoms with Gasteiger partial charge in [0.25, 0.3) is 5.91 Å². The molecule has 0 saturated carbocycles. The quantitative estimate of drug-likeness (QED) is 0.457. The van der Waals surface area contributed by atoms with Crippen molar-refractivity contribution in [3.8, 4) is 0 Å². The van der Waals surface area contributed by atoms with Crippen LogP contribution in [0.2, 0.25) is 0 Å². The molecule has 0 radical (unpaired) electrons. The molecule has 1 atom stereocenters. The summed E-state index contributed by atoms with van der Waals surface area (Å²) in [5, 5.41) is 8.20. The van der Waals surface area contributed by atoms with E-state index in [1.807, 2.05) is 36.4 Å². The molecule has 0 aliphatic carbocycles. The molecule has 0 spiro atoms. The molecular weight excluding hydrogens is 427 g/mol. The van der Waals surface area contributed by atoms with Crippen LogP contribution in [0.25, 0.3) is 0 Å². The second-order valence-electron chi connectivity index (χ2n) is 6.93. The highest BCUT2D eigenvalue weighted by atomic mass is 32.1. The Morgan fingerprint density at radius 1 is 0.938 bits per heavy atom. The number of para-hydroxylation sites is 1. The van der Waals surface area contributed by atoms with Crippen molar-refractivity contribution in [1.82, 2.24) is 14.9 Å². The van der Waals surface area contributed by atoms with Crippen LogP contribution in [0.5, 0.6) is 0 Å². The maximum absolute atomic E-state index is 14.9. The number of carbonyl (C=O) groups excluding carboxylic acids is 2. The number of anilines is 1. The van der Waals surface area contributed by atoms with E-state index in [0.29, 0.717) is 5.56 Å². The second-order valence-corrected chi connectivity index (χ2v) is 7.54. The number of aromatic nitrogens is 2. The first kappa shape index (κ1) is 21.3. The summed E-state index contributed by atoms with van der Waals surface area (Å²) in [6, 6.07) is 22.9. The van der Waals surface area contributed by atoms with Gasteiger partial charge in [0, 0.05) is 11.9 Å². The summed E-state index contributed by atoms with van der Waals surface area (Å²) in [4.78, 5) is 28.0. The normalized spacial score (nSPS) is 11.5. The summed E-state index contributed by atoms with van der Waals surface area (Å²) in [6.07, 6.45) is 0. The Bertz CT molecular complexity index is 1190. The number of carbonyl (C=O) groups is 2. The maximum Gasteiger partial charge on any atom is 0.280 e. The highest BCUT2D eigenvalue weighted by Gasteiger charge is 2.35. The molecule has 6 nitrogen and oxygen atoms in total. The first-order valence-electron chi connectivity index (χ1n) is 9.87. The van der Waals surface area contributed by atoms with Crippen molar-refractivity contribution in [2.45, 2.75) is 12.6 Å². The van der Waals surface area contributed by atoms with Crippen molar-refractivity contribution in [3.05, 3.63) is 113 Å². The van der Waals surface area contributed by atoms with Gasteiger partial charge in [0.2, 0.25) is 5.91 Å². The fourth-order valence-corrected chi connectivity index (χ4v) is 3.76. The number of benzene rings is 3. The highest BCUT2D eigenvalue weighted by molar-refractivity contribution is 7.03. The van der Waals surface area contributed by atoms with Gasteiger partial charge in [0.1, 0.15) is 11.9 Å². The van der Waals surface area contributed by atoms with Gasteiger partial charge in [0.15, 0.2) is 5.69 Å². The molecule has 8 heteroatoms. The van der Waals surface area contributed by atoms with E-state index in [-0.39, 0.29) is 17.9 Å². The predicted molar refractivity (Wildman–Crippen MR) is 121 cm³/mol. The van der Waals surface area contributed by atoms with Gasteiger partial charge in [-0.1, -0.05) is 77.3 Å². The van der Waals surface area contributed by atoms with Crippen molar-refractivity contribution in [2.24, 2.45) is 0 Å². The van der Waals surface area contributed by atoms with Crippen LogP contribution in [0.4, 0.5) is 10.1 Å². The van der Waals surface area contributed by atoms with Gasteiger partial charge in [-0.3, -0.25) is 14.5 Å². The standard InChI is InChI=1S/C24H19FN4O2S/c25-19-13-7-8-14-21(19)29(24(31)20-16-32-28-27-20)22(18-11-5-2-6-12-18)23(30)26-15-17-9-3-1-4-10-17/h1-14,16,22H,15H2,(H,26,30). The number of rotatable bonds is 7. The molecule has 0 fully saturated rings. The van der Waals surface area contributed by atoms with Crippen molar-refractivity contribution < 1.29 is 14.0 Å². The van der Waals surface area contributed by atoms with Crippen LogP contribution in [-0.4, -0.2) is 21.4 Å². The lowest BCUT2D eigenvalue weighted by molar-refractivity contribution is -0.122. The van der Waals surface area contributed by atoms with Gasteiger partial charge >= 0.3 is 0 Å². The lowest BCUT2D eigenvalue weighted by Gasteiger charge is -2.31. The van der Waals surface area contributed by atoms with Gasteiger partial charge in [-0.15, -0.1) is 5.10 Å². The Hall–Kier alpha value is -3.91. The van der Waals surface area contributed by atoms with E-state index in [0.717, 1.165) is 22.0 Å². The Labute approximate surface area is 188 Å². The van der Waals surface area contributed by atoms with E-state index in [1.54, 1.807) is 30.3 Å². The van der Waals surface area contributed by atoms with Crippen LogP contribution in [0.1, 0.15) is 27.7 Å². The molecule has 1 unspecified atom stereocenters. The van der Waals surface area contributed by atoms with Crippen molar-refractivity contribution in [2.75, 3.05) is 4.90 Å². The largest absolute Gasteiger partial charge is 0.350 e. The third-order valence-electron chi connectivity index (χ3n) is 4.84. The highest BCUT2D eigenvalue weighted by Crippen LogP contribution is 2.31. The number of amides is 2. The minimum atomic E-state index is -1.12. The van der Waals surface area contributed by atoms with E-state index in [9.17, 15) is 14.0 Å². The molecule has 0 aliphatic rings. The second kappa shape index (κ2) is 9.93. The van der Waals surface area contributed by atoms with Crippen molar-refractivity contribution >= 4 is 29.0 Å². The molecule has 0 bridgehead atoms. The molecule has 0 aliphatic heterocycles. The Balaban J connectivity index is 1.77. The van der Waals surface area contributed by atoms with Crippen molar-refractivity contribution in [3.63, 3.8) is 0 Å². The molecule has 160 valence electrons. The SMILES string of the molecule is O=C(NCc1ccccc1)C(c1ccccc1)N(C(=O)c1csnn1)c1ccccc1F. The van der Waals surface area contributed by atoms with Gasteiger partial charge in [-0.05, 0) is 34.8 Å². The molecular formula is C24H19FN4O2S. The smallest absolute Gasteiger partial charge is 0.280 e. The summed E-state index contributed by atoms with van der Waals surface area (Å²) < 4.78 is 18.6. The summed E-state index contributed by atoms with van der Waals surface area (Å²) in [5.74, 6) is -1.69. The van der Waals surface area contributed by atoms with Gasteiger partial charge in [-0.25, -0.2) is 4.39 Å². The Kier molecular flexibility index (Phi) is 6.62. The van der Waals surface area contributed by atoms with Gasteiger partial charge in [0.05, 0.1) is 5.69 Å². The van der Waals surface area contributed by atoms with Crippen LogP contribution in [-0.2, 0) is 11.3 Å². The minimum absolute atomic E-state index is 0.0192. The van der Waals surface area contributed by atoms with Gasteiger partial charge < -0.3 is 5.32 Å². The first-order valence-corrected chi connectivity index (χ1v) is 10.7. The molecule has 4 rings (SSSR count). The summed E-state index contributed by atoms with van der Waals surface area (Å²) in [6.45, 7) is 0.264. The number of nitrogens with one attached hydrogen (secondary N) is 1. The van der Waals surface area contributed by atoms with Crippen molar-refractivity contribution in [1.29, 1.82) is 0 Å². The first-order chi connectivity index (χ1) is 15.6. The fourth-order valence-electron chi connectivity index (χ4n) is 3.33. The van der Waals surface area contributed by atoms with E-state index in [4.69, 9.17) is 0 Å². The maximum atomic E-state index is 14.9. The Morgan fingerprint density at radius 3 is 2.25 bits per heavy atom. The van der Waals surface area contributed by atoms with Crippen LogP contribution >= 0.6 is 11.5 Å². The van der Waals surface area contributed by atoms with Crippen LogP contribution in [0.15, 0.2) is 90.3 Å². The number of hydrogen-bond donors (Lipinski definition) is 1. The lowest BCUT2D eigenvalue weighted by Crippen LogP contribution is -2.44. The van der Waals surface area contributed by atoms with E-state index < -0.39 is 23.7 Å². The molecule has 1 heterocycles. The monoisotopic (exact) mass is 446 g/mol. The molecule has 3 aromatic carbocycles. The lowest BCUT2D eigenvalue weighted by atomic mass is 10.0. The van der Waals surface area contributed by atoms with Crippen LogP contribution in [0.3, 0.4) is 0 Å². The zero-order valence-electron chi connectivity index (χ0n) is 16.9. The molecule has 1 aromatic heterocycles. The number of hydrogen-bond acceptors (Lipinski definition) is 5.